The fraction of sp³-hybridized carbons (Fsp3) is 0. The molecule has 34 heavy (non-hydrogen) atoms. The largest absolute Gasteiger partial charge is 0.457 e. The second-order valence-electron chi connectivity index (χ2n) is 7.64. The molecule has 1 aliphatic carbocycles. The summed E-state index contributed by atoms with van der Waals surface area (Å²) >= 11 is 6.29. The second kappa shape index (κ2) is 8.50. The van der Waals surface area contributed by atoms with Crippen molar-refractivity contribution in [2.45, 2.75) is 0 Å². The number of fused-ring (bicyclic) bond motifs is 2. The average molecular weight is 469 g/mol. The van der Waals surface area contributed by atoms with Crippen LogP contribution >= 0.6 is 11.6 Å². The Morgan fingerprint density at radius 3 is 2.09 bits per heavy atom. The van der Waals surface area contributed by atoms with Gasteiger partial charge in [-0.1, -0.05) is 66.2 Å². The van der Waals surface area contributed by atoms with Crippen LogP contribution in [0.3, 0.4) is 0 Å². The molecule has 0 saturated heterocycles. The Balaban J connectivity index is 1.56. The number of amides is 1. The smallest absolute Gasteiger partial charge is 0.259 e. The molecule has 7 heteroatoms. The number of ketones is 2. The van der Waals surface area contributed by atoms with Crippen molar-refractivity contribution in [1.29, 1.82) is 0 Å². The summed E-state index contributed by atoms with van der Waals surface area (Å²) in [5.74, 6) is -0.484. The van der Waals surface area contributed by atoms with E-state index in [0.717, 1.165) is 0 Å². The molecule has 0 heterocycles. The summed E-state index contributed by atoms with van der Waals surface area (Å²) in [4.78, 5) is 39.8. The van der Waals surface area contributed by atoms with Crippen LogP contribution in [0, 0.1) is 0 Å². The minimum absolute atomic E-state index is 0.00432. The van der Waals surface area contributed by atoms with Crippen LogP contribution < -0.4 is 15.8 Å². The van der Waals surface area contributed by atoms with E-state index >= 15 is 0 Å². The number of benzene rings is 4. The van der Waals surface area contributed by atoms with Crippen molar-refractivity contribution in [3.63, 3.8) is 0 Å². The van der Waals surface area contributed by atoms with Crippen molar-refractivity contribution in [3.8, 4) is 11.5 Å². The molecule has 0 aromatic heterocycles. The Labute approximate surface area is 199 Å². The summed E-state index contributed by atoms with van der Waals surface area (Å²) < 4.78 is 5.88. The van der Waals surface area contributed by atoms with Crippen LogP contribution in [-0.2, 0) is 0 Å². The number of anilines is 2. The molecule has 5 rings (SSSR count). The predicted molar refractivity (Wildman–Crippen MR) is 130 cm³/mol. The van der Waals surface area contributed by atoms with Gasteiger partial charge in [0.2, 0.25) is 0 Å². The summed E-state index contributed by atoms with van der Waals surface area (Å²) in [6.45, 7) is 0. The lowest BCUT2D eigenvalue weighted by Crippen LogP contribution is -2.25. The number of para-hydroxylation sites is 2. The summed E-state index contributed by atoms with van der Waals surface area (Å²) in [5.41, 5.74) is 6.91. The normalized spacial score (nSPS) is 12.0. The topological polar surface area (TPSA) is 98.5 Å². The molecule has 1 aliphatic rings. The van der Waals surface area contributed by atoms with Gasteiger partial charge < -0.3 is 15.8 Å². The van der Waals surface area contributed by atoms with Crippen molar-refractivity contribution in [2.75, 3.05) is 11.1 Å². The van der Waals surface area contributed by atoms with Gasteiger partial charge in [-0.2, -0.15) is 0 Å². The number of carbonyl (C=O) groups excluding carboxylic acids is 3. The van der Waals surface area contributed by atoms with E-state index in [2.05, 4.69) is 5.32 Å². The van der Waals surface area contributed by atoms with Crippen molar-refractivity contribution in [3.05, 3.63) is 118 Å². The van der Waals surface area contributed by atoms with Crippen molar-refractivity contribution < 1.29 is 19.1 Å². The molecule has 0 spiro atoms. The second-order valence-corrected chi connectivity index (χ2v) is 8.05. The first-order chi connectivity index (χ1) is 16.5. The summed E-state index contributed by atoms with van der Waals surface area (Å²) in [5, 5.41) is 2.79. The molecule has 0 unspecified atom stereocenters. The molecule has 1 amide bonds. The van der Waals surface area contributed by atoms with E-state index in [1.165, 1.54) is 6.07 Å². The van der Waals surface area contributed by atoms with Gasteiger partial charge in [0, 0.05) is 11.1 Å². The molecular formula is C27H17ClN2O4. The van der Waals surface area contributed by atoms with E-state index in [1.54, 1.807) is 60.7 Å². The molecule has 0 radical (unpaired) electrons. The van der Waals surface area contributed by atoms with Crippen molar-refractivity contribution in [2.24, 2.45) is 0 Å². The van der Waals surface area contributed by atoms with E-state index in [1.807, 2.05) is 18.2 Å². The molecule has 3 N–H and O–H groups in total. The first kappa shape index (κ1) is 21.4. The van der Waals surface area contributed by atoms with Crippen LogP contribution in [0.5, 0.6) is 11.5 Å². The molecule has 0 aliphatic heterocycles. The Hall–Kier alpha value is -4.42. The highest BCUT2D eigenvalue weighted by Crippen LogP contribution is 2.39. The molecule has 0 saturated carbocycles. The van der Waals surface area contributed by atoms with Gasteiger partial charge >= 0.3 is 0 Å². The van der Waals surface area contributed by atoms with Gasteiger partial charge in [-0.3, -0.25) is 14.4 Å². The molecule has 4 aromatic rings. The van der Waals surface area contributed by atoms with Gasteiger partial charge in [-0.25, -0.2) is 0 Å². The number of carbonyl (C=O) groups is 3. The third kappa shape index (κ3) is 3.60. The third-order valence-electron chi connectivity index (χ3n) is 5.54. The standard InChI is InChI=1S/C27H17ClN2O4/c28-19-14-20(22-23(24(19)29)26(32)17-11-5-4-10-16(17)25(22)31)30-27(33)18-12-6-7-13-21(18)34-15-8-2-1-3-9-15/h1-14H,29H2,(H,30,33). The zero-order valence-electron chi connectivity index (χ0n) is 17.7. The lowest BCUT2D eigenvalue weighted by molar-refractivity contribution is 0.0979. The number of ether oxygens (including phenoxy) is 1. The number of hydrogen-bond donors (Lipinski definition) is 2. The van der Waals surface area contributed by atoms with Gasteiger partial charge in [-0.05, 0) is 30.3 Å². The number of rotatable bonds is 4. The fourth-order valence-corrected chi connectivity index (χ4v) is 4.14. The fourth-order valence-electron chi connectivity index (χ4n) is 3.93. The van der Waals surface area contributed by atoms with Gasteiger partial charge in [0.05, 0.1) is 33.1 Å². The Morgan fingerprint density at radius 1 is 0.794 bits per heavy atom. The summed E-state index contributed by atoms with van der Waals surface area (Å²) in [7, 11) is 0. The maximum Gasteiger partial charge on any atom is 0.259 e. The van der Waals surface area contributed by atoms with Gasteiger partial charge in [-0.15, -0.1) is 0 Å². The van der Waals surface area contributed by atoms with Gasteiger partial charge in [0.15, 0.2) is 11.6 Å². The van der Waals surface area contributed by atoms with Crippen LogP contribution in [0.2, 0.25) is 5.02 Å². The number of halogens is 1. The maximum absolute atomic E-state index is 13.3. The Kier molecular flexibility index (Phi) is 5.36. The zero-order valence-corrected chi connectivity index (χ0v) is 18.4. The molecule has 0 fully saturated rings. The third-order valence-corrected chi connectivity index (χ3v) is 5.85. The summed E-state index contributed by atoms with van der Waals surface area (Å²) in [6.07, 6.45) is 0. The molecule has 6 nitrogen and oxygen atoms in total. The Bertz CT molecular complexity index is 1480. The molecule has 166 valence electrons. The van der Waals surface area contributed by atoms with Crippen molar-refractivity contribution >= 4 is 40.4 Å². The lowest BCUT2D eigenvalue weighted by atomic mass is 9.82. The number of nitrogen functional groups attached to an aromatic ring is 1. The number of nitrogens with one attached hydrogen (secondary N) is 1. The highest BCUT2D eigenvalue weighted by molar-refractivity contribution is 6.38. The van der Waals surface area contributed by atoms with Crippen molar-refractivity contribution in [1.82, 2.24) is 0 Å². The lowest BCUT2D eigenvalue weighted by Gasteiger charge is -2.23. The Morgan fingerprint density at radius 2 is 1.38 bits per heavy atom. The zero-order chi connectivity index (χ0) is 23.8. The quantitative estimate of drug-likeness (QED) is 0.327. The van der Waals surface area contributed by atoms with E-state index in [9.17, 15) is 14.4 Å². The maximum atomic E-state index is 13.3. The van der Waals surface area contributed by atoms with Crippen LogP contribution in [0.25, 0.3) is 0 Å². The molecule has 4 aromatic carbocycles. The van der Waals surface area contributed by atoms with Gasteiger partial charge in [0.1, 0.15) is 11.5 Å². The average Bonchev–Trinajstić information content (AvgIpc) is 2.85. The minimum Gasteiger partial charge on any atom is -0.457 e. The van der Waals surface area contributed by atoms with E-state index in [-0.39, 0.29) is 44.2 Å². The molecular weight excluding hydrogens is 452 g/mol. The van der Waals surface area contributed by atoms with Gasteiger partial charge in [0.25, 0.3) is 5.91 Å². The summed E-state index contributed by atoms with van der Waals surface area (Å²) in [6, 6.07) is 23.6. The first-order valence-corrected chi connectivity index (χ1v) is 10.8. The minimum atomic E-state index is -0.534. The first-order valence-electron chi connectivity index (χ1n) is 10.4. The SMILES string of the molecule is Nc1c(Cl)cc(NC(=O)c2ccccc2Oc2ccccc2)c2c1C(=O)c1ccccc1C2=O. The monoisotopic (exact) mass is 468 g/mol. The molecule has 0 atom stereocenters. The highest BCUT2D eigenvalue weighted by Gasteiger charge is 2.35. The van der Waals surface area contributed by atoms with Crippen LogP contribution in [-0.4, -0.2) is 17.5 Å². The highest BCUT2D eigenvalue weighted by atomic mass is 35.5. The van der Waals surface area contributed by atoms with E-state index in [0.29, 0.717) is 11.5 Å². The van der Waals surface area contributed by atoms with Crippen LogP contribution in [0.4, 0.5) is 11.4 Å². The molecule has 0 bridgehead atoms. The van der Waals surface area contributed by atoms with Crippen LogP contribution in [0.15, 0.2) is 84.9 Å². The van der Waals surface area contributed by atoms with E-state index < -0.39 is 17.5 Å². The van der Waals surface area contributed by atoms with E-state index in [4.69, 9.17) is 22.1 Å². The number of hydrogen-bond acceptors (Lipinski definition) is 5. The predicted octanol–water partition coefficient (Wildman–Crippen LogP) is 5.74. The number of nitrogens with two attached hydrogens (primary N) is 1. The van der Waals surface area contributed by atoms with Crippen LogP contribution in [0.1, 0.15) is 42.2 Å².